The zero-order valence-corrected chi connectivity index (χ0v) is 12.0. The highest BCUT2D eigenvalue weighted by Crippen LogP contribution is 2.15. The van der Waals surface area contributed by atoms with Gasteiger partial charge in [0.1, 0.15) is 6.54 Å². The second-order valence-corrected chi connectivity index (χ2v) is 5.98. The third-order valence-corrected chi connectivity index (χ3v) is 4.09. The van der Waals surface area contributed by atoms with Gasteiger partial charge in [0.25, 0.3) is 10.0 Å². The number of nitrogens with zero attached hydrogens (tertiary/aromatic N) is 3. The number of rotatable bonds is 6. The number of anilines is 1. The number of benzene rings is 1. The van der Waals surface area contributed by atoms with Crippen molar-refractivity contribution in [2.24, 2.45) is 0 Å². The molecule has 0 atom stereocenters. The smallest absolute Gasteiger partial charge is 0.325 e. The number of aromatic nitrogens is 3. The minimum atomic E-state index is -3.77. The molecule has 1 heterocycles. The maximum atomic E-state index is 12.1. The molecule has 0 aliphatic carbocycles. The van der Waals surface area contributed by atoms with Crippen LogP contribution in [0.15, 0.2) is 35.4 Å². The van der Waals surface area contributed by atoms with E-state index < -0.39 is 16.0 Å². The van der Waals surface area contributed by atoms with E-state index in [1.165, 1.54) is 18.3 Å². The Morgan fingerprint density at radius 2 is 2.00 bits per heavy atom. The first-order valence-electron chi connectivity index (χ1n) is 6.14. The molecule has 0 saturated heterocycles. The Morgan fingerprint density at radius 1 is 1.33 bits per heavy atom. The lowest BCUT2D eigenvalue weighted by atomic mass is 10.2. The average molecular weight is 310 g/mol. The van der Waals surface area contributed by atoms with Crippen LogP contribution in [0.25, 0.3) is 0 Å². The molecule has 2 N–H and O–H groups in total. The summed E-state index contributed by atoms with van der Waals surface area (Å²) in [6, 6.07) is 6.47. The predicted octanol–water partition coefficient (Wildman–Crippen LogP) is 0.726. The molecular formula is C12H14N4O4S. The van der Waals surface area contributed by atoms with Crippen LogP contribution < -0.4 is 4.72 Å². The van der Waals surface area contributed by atoms with Crippen LogP contribution in [0.1, 0.15) is 12.5 Å². The summed E-state index contributed by atoms with van der Waals surface area (Å²) < 4.78 is 27.5. The van der Waals surface area contributed by atoms with Gasteiger partial charge in [-0.05, 0) is 24.1 Å². The van der Waals surface area contributed by atoms with Gasteiger partial charge in [0.2, 0.25) is 0 Å². The topological polar surface area (TPSA) is 114 Å². The van der Waals surface area contributed by atoms with Gasteiger partial charge in [-0.15, -0.1) is 5.10 Å². The molecule has 9 heteroatoms. The molecule has 0 bridgehead atoms. The molecule has 0 aliphatic heterocycles. The number of carbonyl (C=O) groups is 1. The van der Waals surface area contributed by atoms with Crippen molar-refractivity contribution in [3.05, 3.63) is 36.0 Å². The number of nitrogens with one attached hydrogen (secondary N) is 1. The molecular weight excluding hydrogens is 296 g/mol. The van der Waals surface area contributed by atoms with Gasteiger partial charge in [0.05, 0.1) is 11.1 Å². The molecule has 8 nitrogen and oxygen atoms in total. The molecule has 0 spiro atoms. The van der Waals surface area contributed by atoms with Gasteiger partial charge in [0, 0.05) is 0 Å². The first-order chi connectivity index (χ1) is 9.90. The number of hydrogen-bond acceptors (Lipinski definition) is 5. The van der Waals surface area contributed by atoms with Crippen molar-refractivity contribution in [1.82, 2.24) is 15.0 Å². The number of sulfonamides is 1. The van der Waals surface area contributed by atoms with E-state index in [1.807, 2.05) is 6.92 Å². The number of aryl methyl sites for hydroxylation is 1. The third kappa shape index (κ3) is 3.78. The van der Waals surface area contributed by atoms with Gasteiger partial charge >= 0.3 is 5.97 Å². The van der Waals surface area contributed by atoms with Crippen LogP contribution in [0, 0.1) is 0 Å². The van der Waals surface area contributed by atoms with Gasteiger partial charge in [-0.1, -0.05) is 24.3 Å². The molecule has 112 valence electrons. The van der Waals surface area contributed by atoms with Crippen molar-refractivity contribution in [1.29, 1.82) is 0 Å². The minimum Gasteiger partial charge on any atom is -0.480 e. The Morgan fingerprint density at radius 3 is 2.57 bits per heavy atom. The van der Waals surface area contributed by atoms with E-state index in [9.17, 15) is 13.2 Å². The van der Waals surface area contributed by atoms with E-state index in [4.69, 9.17) is 5.11 Å². The van der Waals surface area contributed by atoms with Crippen molar-refractivity contribution < 1.29 is 18.3 Å². The quantitative estimate of drug-likeness (QED) is 0.812. The van der Waals surface area contributed by atoms with Crippen molar-refractivity contribution in [3.63, 3.8) is 0 Å². The summed E-state index contributed by atoms with van der Waals surface area (Å²) in [4.78, 5) is 10.6. The maximum absolute atomic E-state index is 12.1. The molecule has 0 saturated carbocycles. The van der Waals surface area contributed by atoms with Crippen LogP contribution in [0.5, 0.6) is 0 Å². The first kappa shape index (κ1) is 15.0. The fourth-order valence-electron chi connectivity index (χ4n) is 1.66. The fraction of sp³-hybridized carbons (Fsp3) is 0.250. The summed E-state index contributed by atoms with van der Waals surface area (Å²) in [6.07, 6.45) is 2.03. The average Bonchev–Trinajstić information content (AvgIpc) is 2.84. The molecule has 21 heavy (non-hydrogen) atoms. The molecule has 0 amide bonds. The van der Waals surface area contributed by atoms with Crippen molar-refractivity contribution >= 4 is 21.8 Å². The Balaban J connectivity index is 2.16. The largest absolute Gasteiger partial charge is 0.480 e. The molecule has 2 aromatic rings. The summed E-state index contributed by atoms with van der Waals surface area (Å²) >= 11 is 0. The van der Waals surface area contributed by atoms with Gasteiger partial charge in [-0.2, -0.15) is 0 Å². The van der Waals surface area contributed by atoms with Crippen LogP contribution in [0.2, 0.25) is 0 Å². The van der Waals surface area contributed by atoms with E-state index in [0.29, 0.717) is 0 Å². The summed E-state index contributed by atoms with van der Waals surface area (Å²) in [7, 11) is -3.77. The van der Waals surface area contributed by atoms with Crippen LogP contribution in [0.3, 0.4) is 0 Å². The lowest BCUT2D eigenvalue weighted by molar-refractivity contribution is -0.137. The normalized spacial score (nSPS) is 11.3. The third-order valence-electron chi connectivity index (χ3n) is 2.72. The summed E-state index contributed by atoms with van der Waals surface area (Å²) in [5.41, 5.74) is 1.03. The number of carboxylic acids is 1. The summed E-state index contributed by atoms with van der Waals surface area (Å²) in [6.45, 7) is 1.59. The monoisotopic (exact) mass is 310 g/mol. The number of carboxylic acid groups (broad SMARTS) is 1. The Labute approximate surface area is 121 Å². The Bertz CT molecular complexity index is 737. The lowest BCUT2D eigenvalue weighted by Gasteiger charge is -2.05. The van der Waals surface area contributed by atoms with Crippen molar-refractivity contribution in [2.45, 2.75) is 24.8 Å². The van der Waals surface area contributed by atoms with E-state index in [2.05, 4.69) is 15.0 Å². The van der Waals surface area contributed by atoms with E-state index >= 15 is 0 Å². The Kier molecular flexibility index (Phi) is 4.22. The number of hydrogen-bond donors (Lipinski definition) is 2. The zero-order valence-electron chi connectivity index (χ0n) is 11.2. The highest BCUT2D eigenvalue weighted by atomic mass is 32.2. The van der Waals surface area contributed by atoms with E-state index in [1.54, 1.807) is 12.1 Å². The number of aliphatic carboxylic acids is 1. The van der Waals surface area contributed by atoms with Gasteiger partial charge in [0.15, 0.2) is 5.82 Å². The van der Waals surface area contributed by atoms with Crippen LogP contribution in [-0.4, -0.2) is 34.5 Å². The standard InChI is InChI=1S/C12H14N4O4S/c1-2-9-3-5-10(6-4-9)21(19,20)14-11-7-16(15-13-11)8-12(17)18/h3-7,14H,2,8H2,1H3,(H,17,18). The molecule has 1 aromatic carbocycles. The molecule has 0 fully saturated rings. The van der Waals surface area contributed by atoms with Crippen LogP contribution in [0.4, 0.5) is 5.82 Å². The molecule has 1 aromatic heterocycles. The fourth-order valence-corrected chi connectivity index (χ4v) is 2.64. The highest BCUT2D eigenvalue weighted by Gasteiger charge is 2.16. The van der Waals surface area contributed by atoms with Crippen LogP contribution >= 0.6 is 0 Å². The second kappa shape index (κ2) is 5.92. The highest BCUT2D eigenvalue weighted by molar-refractivity contribution is 7.92. The molecule has 0 aliphatic rings. The van der Waals surface area contributed by atoms with Crippen molar-refractivity contribution in [2.75, 3.05) is 4.72 Å². The molecule has 0 radical (unpaired) electrons. The molecule has 2 rings (SSSR count). The van der Waals surface area contributed by atoms with E-state index in [-0.39, 0.29) is 17.3 Å². The second-order valence-electron chi connectivity index (χ2n) is 4.30. The Hall–Kier alpha value is -2.42. The van der Waals surface area contributed by atoms with E-state index in [0.717, 1.165) is 16.7 Å². The SMILES string of the molecule is CCc1ccc(S(=O)(=O)Nc2cn(CC(=O)O)nn2)cc1. The van der Waals surface area contributed by atoms with Crippen LogP contribution in [-0.2, 0) is 27.8 Å². The van der Waals surface area contributed by atoms with Crippen molar-refractivity contribution in [3.8, 4) is 0 Å². The lowest BCUT2D eigenvalue weighted by Crippen LogP contribution is -2.13. The summed E-state index contributed by atoms with van der Waals surface area (Å²) in [5, 5.41) is 15.7. The minimum absolute atomic E-state index is 0.0316. The summed E-state index contributed by atoms with van der Waals surface area (Å²) in [5.74, 6) is -1.12. The van der Waals surface area contributed by atoms with Gasteiger partial charge in [-0.25, -0.2) is 13.1 Å². The van der Waals surface area contributed by atoms with Gasteiger partial charge < -0.3 is 5.11 Å². The predicted molar refractivity (Wildman–Crippen MR) is 74.3 cm³/mol. The maximum Gasteiger partial charge on any atom is 0.325 e. The molecule has 0 unspecified atom stereocenters. The first-order valence-corrected chi connectivity index (χ1v) is 7.62. The zero-order chi connectivity index (χ0) is 15.5. The van der Waals surface area contributed by atoms with Gasteiger partial charge in [-0.3, -0.25) is 9.52 Å².